The van der Waals surface area contributed by atoms with E-state index in [-0.39, 0.29) is 0 Å². The van der Waals surface area contributed by atoms with E-state index in [0.29, 0.717) is 12.0 Å². The minimum Gasteiger partial charge on any atom is -0.439 e. The van der Waals surface area contributed by atoms with Crippen LogP contribution < -0.4 is 5.32 Å². The SMILES string of the molecule is Cc1ccc2oc(C3CCNC(C)C3)nc2n1. The predicted molar refractivity (Wildman–Crippen MR) is 66.0 cm³/mol. The molecule has 1 aliphatic rings. The lowest BCUT2D eigenvalue weighted by Crippen LogP contribution is -2.34. The van der Waals surface area contributed by atoms with Crippen LogP contribution in [-0.4, -0.2) is 22.6 Å². The van der Waals surface area contributed by atoms with E-state index in [4.69, 9.17) is 4.42 Å². The average Bonchev–Trinajstić information content (AvgIpc) is 2.72. The van der Waals surface area contributed by atoms with E-state index in [0.717, 1.165) is 42.2 Å². The molecule has 2 unspecified atom stereocenters. The number of hydrogen-bond donors (Lipinski definition) is 1. The number of pyridine rings is 1. The maximum atomic E-state index is 5.81. The summed E-state index contributed by atoms with van der Waals surface area (Å²) in [7, 11) is 0. The van der Waals surface area contributed by atoms with Crippen molar-refractivity contribution in [3.8, 4) is 0 Å². The van der Waals surface area contributed by atoms with Gasteiger partial charge in [0.1, 0.15) is 0 Å². The zero-order chi connectivity index (χ0) is 11.8. The van der Waals surface area contributed by atoms with E-state index < -0.39 is 0 Å². The molecule has 4 heteroatoms. The zero-order valence-electron chi connectivity index (χ0n) is 10.2. The molecule has 1 saturated heterocycles. The molecule has 0 saturated carbocycles. The van der Waals surface area contributed by atoms with Crippen LogP contribution in [0.15, 0.2) is 16.5 Å². The lowest BCUT2D eigenvalue weighted by atomic mass is 9.93. The second kappa shape index (κ2) is 4.11. The van der Waals surface area contributed by atoms with Gasteiger partial charge >= 0.3 is 0 Å². The number of aryl methyl sites for hydroxylation is 1. The number of nitrogens with zero attached hydrogens (tertiary/aromatic N) is 2. The molecule has 0 aliphatic carbocycles. The lowest BCUT2D eigenvalue weighted by molar-refractivity contribution is 0.336. The van der Waals surface area contributed by atoms with Crippen molar-refractivity contribution >= 4 is 11.2 Å². The fraction of sp³-hybridized carbons (Fsp3) is 0.538. The lowest BCUT2D eigenvalue weighted by Gasteiger charge is -2.25. The van der Waals surface area contributed by atoms with Crippen LogP contribution in [0.4, 0.5) is 0 Å². The molecule has 0 radical (unpaired) electrons. The Hall–Kier alpha value is -1.42. The van der Waals surface area contributed by atoms with Crippen molar-refractivity contribution in [2.75, 3.05) is 6.54 Å². The van der Waals surface area contributed by atoms with Crippen LogP contribution in [0.3, 0.4) is 0 Å². The van der Waals surface area contributed by atoms with Gasteiger partial charge in [-0.1, -0.05) is 0 Å². The maximum Gasteiger partial charge on any atom is 0.200 e. The third-order valence-corrected chi connectivity index (χ3v) is 3.38. The van der Waals surface area contributed by atoms with Crippen molar-refractivity contribution in [3.05, 3.63) is 23.7 Å². The van der Waals surface area contributed by atoms with Crippen LogP contribution in [0.25, 0.3) is 11.2 Å². The van der Waals surface area contributed by atoms with Crippen molar-refractivity contribution in [1.82, 2.24) is 15.3 Å². The molecule has 0 spiro atoms. The molecule has 2 aromatic heterocycles. The zero-order valence-corrected chi connectivity index (χ0v) is 10.2. The summed E-state index contributed by atoms with van der Waals surface area (Å²) in [5, 5.41) is 3.44. The quantitative estimate of drug-likeness (QED) is 0.818. The molecular weight excluding hydrogens is 214 g/mol. The van der Waals surface area contributed by atoms with Crippen molar-refractivity contribution < 1.29 is 4.42 Å². The van der Waals surface area contributed by atoms with E-state index in [1.165, 1.54) is 0 Å². The molecule has 3 rings (SSSR count). The first kappa shape index (κ1) is 10.7. The molecule has 1 fully saturated rings. The second-order valence-corrected chi connectivity index (χ2v) is 4.90. The second-order valence-electron chi connectivity index (χ2n) is 4.90. The molecule has 1 aliphatic heterocycles. The van der Waals surface area contributed by atoms with E-state index in [2.05, 4.69) is 22.2 Å². The van der Waals surface area contributed by atoms with E-state index in [9.17, 15) is 0 Å². The van der Waals surface area contributed by atoms with Gasteiger partial charge in [0, 0.05) is 17.7 Å². The molecule has 0 aromatic carbocycles. The highest BCUT2D eigenvalue weighted by atomic mass is 16.3. The highest BCUT2D eigenvalue weighted by Crippen LogP contribution is 2.29. The van der Waals surface area contributed by atoms with E-state index in [1.54, 1.807) is 0 Å². The largest absolute Gasteiger partial charge is 0.439 e. The van der Waals surface area contributed by atoms with Gasteiger partial charge in [-0.2, -0.15) is 4.98 Å². The van der Waals surface area contributed by atoms with E-state index >= 15 is 0 Å². The minimum atomic E-state index is 0.431. The first-order valence-corrected chi connectivity index (χ1v) is 6.20. The normalized spacial score (nSPS) is 25.3. The molecule has 17 heavy (non-hydrogen) atoms. The Kier molecular flexibility index (Phi) is 2.59. The Balaban J connectivity index is 1.94. The fourth-order valence-electron chi connectivity index (χ4n) is 2.46. The predicted octanol–water partition coefficient (Wildman–Crippen LogP) is 2.39. The number of fused-ring (bicyclic) bond motifs is 1. The van der Waals surface area contributed by atoms with Crippen molar-refractivity contribution in [2.24, 2.45) is 0 Å². The summed E-state index contributed by atoms with van der Waals surface area (Å²) in [6.45, 7) is 5.22. The Bertz CT molecular complexity index is 534. The summed E-state index contributed by atoms with van der Waals surface area (Å²) in [6, 6.07) is 4.46. The van der Waals surface area contributed by atoms with Crippen LogP contribution in [0.5, 0.6) is 0 Å². The molecule has 4 nitrogen and oxygen atoms in total. The van der Waals surface area contributed by atoms with Crippen LogP contribution in [0, 0.1) is 6.92 Å². The van der Waals surface area contributed by atoms with Gasteiger partial charge in [-0.25, -0.2) is 4.98 Å². The smallest absolute Gasteiger partial charge is 0.200 e. The monoisotopic (exact) mass is 231 g/mol. The maximum absolute atomic E-state index is 5.81. The summed E-state index contributed by atoms with van der Waals surface area (Å²) < 4.78 is 5.81. The number of hydrogen-bond acceptors (Lipinski definition) is 4. The molecule has 1 N–H and O–H groups in total. The molecule has 2 atom stereocenters. The van der Waals surface area contributed by atoms with E-state index in [1.807, 2.05) is 19.1 Å². The summed E-state index contributed by atoms with van der Waals surface area (Å²) in [6.07, 6.45) is 2.18. The van der Waals surface area contributed by atoms with Crippen molar-refractivity contribution in [2.45, 2.75) is 38.6 Å². The number of nitrogens with one attached hydrogen (secondary N) is 1. The first-order chi connectivity index (χ1) is 8.22. The summed E-state index contributed by atoms with van der Waals surface area (Å²) >= 11 is 0. The highest BCUT2D eigenvalue weighted by molar-refractivity contribution is 5.67. The average molecular weight is 231 g/mol. The van der Waals surface area contributed by atoms with Gasteiger partial charge in [-0.05, 0) is 45.4 Å². The number of oxazole rings is 1. The van der Waals surface area contributed by atoms with Crippen LogP contribution >= 0.6 is 0 Å². The van der Waals surface area contributed by atoms with Crippen LogP contribution in [0.2, 0.25) is 0 Å². The Morgan fingerprint density at radius 3 is 3.06 bits per heavy atom. The minimum absolute atomic E-state index is 0.431. The first-order valence-electron chi connectivity index (χ1n) is 6.20. The van der Waals surface area contributed by atoms with Gasteiger partial charge in [-0.3, -0.25) is 0 Å². The van der Waals surface area contributed by atoms with Gasteiger partial charge in [0.25, 0.3) is 0 Å². The van der Waals surface area contributed by atoms with Crippen molar-refractivity contribution in [3.63, 3.8) is 0 Å². The van der Waals surface area contributed by atoms with Gasteiger partial charge in [0.2, 0.25) is 0 Å². The summed E-state index contributed by atoms with van der Waals surface area (Å²) in [5.41, 5.74) is 2.53. The molecule has 0 bridgehead atoms. The number of aromatic nitrogens is 2. The standard InChI is InChI=1S/C13H17N3O/c1-8-3-4-11-12(15-8)16-13(17-11)10-5-6-14-9(2)7-10/h3-4,9-10,14H,5-7H2,1-2H3. The van der Waals surface area contributed by atoms with Crippen LogP contribution in [-0.2, 0) is 0 Å². The van der Waals surface area contributed by atoms with Gasteiger partial charge in [-0.15, -0.1) is 0 Å². The molecule has 2 aromatic rings. The van der Waals surface area contributed by atoms with Gasteiger partial charge in [0.15, 0.2) is 17.1 Å². The molecule has 0 amide bonds. The fourth-order valence-corrected chi connectivity index (χ4v) is 2.46. The third kappa shape index (κ3) is 2.05. The third-order valence-electron chi connectivity index (χ3n) is 3.38. The summed E-state index contributed by atoms with van der Waals surface area (Å²) in [4.78, 5) is 8.92. The Morgan fingerprint density at radius 1 is 1.35 bits per heavy atom. The molecule has 90 valence electrons. The Morgan fingerprint density at radius 2 is 2.24 bits per heavy atom. The van der Waals surface area contributed by atoms with Gasteiger partial charge in [0.05, 0.1) is 0 Å². The number of piperidine rings is 1. The topological polar surface area (TPSA) is 51.0 Å². The molecular formula is C13H17N3O. The molecule has 3 heterocycles. The van der Waals surface area contributed by atoms with Gasteiger partial charge < -0.3 is 9.73 Å². The van der Waals surface area contributed by atoms with Crippen molar-refractivity contribution in [1.29, 1.82) is 0 Å². The highest BCUT2D eigenvalue weighted by Gasteiger charge is 2.24. The Labute approximate surface area is 100 Å². The number of rotatable bonds is 1. The van der Waals surface area contributed by atoms with Crippen LogP contribution in [0.1, 0.15) is 37.3 Å². The summed E-state index contributed by atoms with van der Waals surface area (Å²) in [5.74, 6) is 1.28.